The highest BCUT2D eigenvalue weighted by Gasteiger charge is 2.30. The Morgan fingerprint density at radius 1 is 1.56 bits per heavy atom. The highest BCUT2D eigenvalue weighted by molar-refractivity contribution is 7.99. The van der Waals surface area contributed by atoms with Crippen molar-refractivity contribution in [3.05, 3.63) is 0 Å². The number of thioether (sulfide) groups is 1. The molecule has 1 aliphatic heterocycles. The second-order valence-corrected chi connectivity index (χ2v) is 5.83. The van der Waals surface area contributed by atoms with Crippen LogP contribution in [0.2, 0.25) is 0 Å². The summed E-state index contributed by atoms with van der Waals surface area (Å²) in [4.78, 5) is 26.6. The average Bonchev–Trinajstić information content (AvgIpc) is 2.34. The summed E-state index contributed by atoms with van der Waals surface area (Å²) < 4.78 is 0. The second-order valence-electron chi connectivity index (χ2n) is 4.68. The summed E-state index contributed by atoms with van der Waals surface area (Å²) in [6, 6.07) is -0.00784. The van der Waals surface area contributed by atoms with Crippen LogP contribution in [0, 0.1) is 0 Å². The van der Waals surface area contributed by atoms with Gasteiger partial charge in [0, 0.05) is 30.1 Å². The summed E-state index contributed by atoms with van der Waals surface area (Å²) in [6.07, 6.45) is 0.760. The van der Waals surface area contributed by atoms with Crippen LogP contribution in [0.4, 0.5) is 4.79 Å². The largest absolute Gasteiger partial charge is 0.480 e. The Labute approximate surface area is 113 Å². The van der Waals surface area contributed by atoms with Gasteiger partial charge in [-0.25, -0.2) is 4.79 Å². The van der Waals surface area contributed by atoms with E-state index in [9.17, 15) is 9.59 Å². The van der Waals surface area contributed by atoms with Gasteiger partial charge in [0.25, 0.3) is 0 Å². The van der Waals surface area contributed by atoms with Crippen molar-refractivity contribution in [2.45, 2.75) is 39.3 Å². The van der Waals surface area contributed by atoms with Crippen LogP contribution in [-0.2, 0) is 4.79 Å². The molecule has 5 nitrogen and oxygen atoms in total. The lowest BCUT2D eigenvalue weighted by atomic mass is 10.2. The SMILES string of the molecule is CCC(C)N(CC(=O)O)C(=O)N1CCSCC1C. The number of urea groups is 1. The molecule has 0 spiro atoms. The molecule has 1 fully saturated rings. The minimum Gasteiger partial charge on any atom is -0.480 e. The predicted molar refractivity (Wildman–Crippen MR) is 73.0 cm³/mol. The first-order chi connectivity index (χ1) is 8.47. The number of aliphatic carboxylic acids is 1. The van der Waals surface area contributed by atoms with E-state index >= 15 is 0 Å². The minimum absolute atomic E-state index is 0.0459. The van der Waals surface area contributed by atoms with Crippen LogP contribution in [0.1, 0.15) is 27.2 Å². The molecule has 0 radical (unpaired) electrons. The van der Waals surface area contributed by atoms with E-state index < -0.39 is 5.97 Å². The highest BCUT2D eigenvalue weighted by Crippen LogP contribution is 2.19. The molecule has 18 heavy (non-hydrogen) atoms. The molecular formula is C12H22N2O3S. The summed E-state index contributed by atoms with van der Waals surface area (Å²) in [6.45, 7) is 6.35. The van der Waals surface area contributed by atoms with Crippen LogP contribution in [0.15, 0.2) is 0 Å². The van der Waals surface area contributed by atoms with Gasteiger partial charge in [-0.15, -0.1) is 0 Å². The molecule has 104 valence electrons. The van der Waals surface area contributed by atoms with Crippen LogP contribution in [0.5, 0.6) is 0 Å². The molecule has 2 atom stereocenters. The minimum atomic E-state index is -0.956. The number of carbonyl (C=O) groups is 2. The van der Waals surface area contributed by atoms with Gasteiger partial charge < -0.3 is 14.9 Å². The number of carboxylic acids is 1. The fourth-order valence-corrected chi connectivity index (χ4v) is 2.97. The van der Waals surface area contributed by atoms with Crippen molar-refractivity contribution in [3.8, 4) is 0 Å². The average molecular weight is 274 g/mol. The number of rotatable bonds is 4. The molecule has 1 rings (SSSR count). The van der Waals surface area contributed by atoms with E-state index in [0.717, 1.165) is 17.9 Å². The number of hydrogen-bond donors (Lipinski definition) is 1. The molecule has 6 heteroatoms. The molecule has 1 aliphatic rings. The van der Waals surface area contributed by atoms with Crippen LogP contribution >= 0.6 is 11.8 Å². The van der Waals surface area contributed by atoms with E-state index in [1.165, 1.54) is 4.90 Å². The molecule has 1 saturated heterocycles. The van der Waals surface area contributed by atoms with Gasteiger partial charge >= 0.3 is 12.0 Å². The second kappa shape index (κ2) is 6.87. The zero-order chi connectivity index (χ0) is 13.7. The molecule has 0 aliphatic carbocycles. The topological polar surface area (TPSA) is 60.9 Å². The Morgan fingerprint density at radius 3 is 2.72 bits per heavy atom. The lowest BCUT2D eigenvalue weighted by molar-refractivity contribution is -0.138. The maximum Gasteiger partial charge on any atom is 0.323 e. The standard InChI is InChI=1S/C12H22N2O3S/c1-4-9(2)14(7-11(15)16)12(17)13-5-6-18-8-10(13)3/h9-10H,4-8H2,1-3H3,(H,15,16). The van der Waals surface area contributed by atoms with Crippen molar-refractivity contribution < 1.29 is 14.7 Å². The monoisotopic (exact) mass is 274 g/mol. The van der Waals surface area contributed by atoms with Gasteiger partial charge in [-0.3, -0.25) is 4.79 Å². The van der Waals surface area contributed by atoms with Gasteiger partial charge in [0.15, 0.2) is 0 Å². The molecule has 2 unspecified atom stereocenters. The van der Waals surface area contributed by atoms with Gasteiger partial charge in [-0.2, -0.15) is 11.8 Å². The smallest absolute Gasteiger partial charge is 0.323 e. The summed E-state index contributed by atoms with van der Waals surface area (Å²) in [5, 5.41) is 8.92. The maximum absolute atomic E-state index is 12.4. The van der Waals surface area contributed by atoms with Crippen molar-refractivity contribution in [1.82, 2.24) is 9.80 Å². The Morgan fingerprint density at radius 2 is 2.22 bits per heavy atom. The summed E-state index contributed by atoms with van der Waals surface area (Å²) in [7, 11) is 0. The van der Waals surface area contributed by atoms with E-state index in [1.54, 1.807) is 4.90 Å². The van der Waals surface area contributed by atoms with Crippen molar-refractivity contribution in [2.24, 2.45) is 0 Å². The highest BCUT2D eigenvalue weighted by atomic mass is 32.2. The Balaban J connectivity index is 2.76. The number of carbonyl (C=O) groups excluding carboxylic acids is 1. The normalized spacial score (nSPS) is 21.5. The molecule has 0 saturated carbocycles. The number of hydrogen-bond acceptors (Lipinski definition) is 3. The van der Waals surface area contributed by atoms with E-state index in [2.05, 4.69) is 0 Å². The fourth-order valence-electron chi connectivity index (χ4n) is 1.95. The molecule has 0 aromatic carbocycles. The summed E-state index contributed by atoms with van der Waals surface area (Å²) in [5.74, 6) is 0.896. The predicted octanol–water partition coefficient (Wildman–Crippen LogP) is 1.73. The fraction of sp³-hybridized carbons (Fsp3) is 0.833. The van der Waals surface area contributed by atoms with Crippen molar-refractivity contribution in [3.63, 3.8) is 0 Å². The lowest BCUT2D eigenvalue weighted by Gasteiger charge is -2.38. The molecule has 2 amide bonds. The van der Waals surface area contributed by atoms with Crippen LogP contribution in [0.25, 0.3) is 0 Å². The van der Waals surface area contributed by atoms with Crippen LogP contribution in [0.3, 0.4) is 0 Å². The third-order valence-electron chi connectivity index (χ3n) is 3.29. The number of carboxylic acid groups (broad SMARTS) is 1. The third-order valence-corrected chi connectivity index (χ3v) is 4.48. The molecule has 1 heterocycles. The van der Waals surface area contributed by atoms with Crippen molar-refractivity contribution in [2.75, 3.05) is 24.6 Å². The van der Waals surface area contributed by atoms with Gasteiger partial charge in [0.1, 0.15) is 6.54 Å². The molecule has 0 aromatic rings. The van der Waals surface area contributed by atoms with Gasteiger partial charge in [0.05, 0.1) is 0 Å². The zero-order valence-electron chi connectivity index (χ0n) is 11.3. The van der Waals surface area contributed by atoms with E-state index in [1.807, 2.05) is 32.5 Å². The Kier molecular flexibility index (Phi) is 5.78. The molecule has 0 bridgehead atoms. The first kappa shape index (κ1) is 15.1. The number of amides is 2. The quantitative estimate of drug-likeness (QED) is 0.848. The van der Waals surface area contributed by atoms with Crippen LogP contribution < -0.4 is 0 Å². The van der Waals surface area contributed by atoms with E-state index in [0.29, 0.717) is 6.54 Å². The van der Waals surface area contributed by atoms with Gasteiger partial charge in [-0.05, 0) is 20.3 Å². The summed E-state index contributed by atoms with van der Waals surface area (Å²) in [5.41, 5.74) is 0. The van der Waals surface area contributed by atoms with Crippen molar-refractivity contribution >= 4 is 23.8 Å². The first-order valence-electron chi connectivity index (χ1n) is 6.34. The summed E-state index contributed by atoms with van der Waals surface area (Å²) >= 11 is 1.84. The van der Waals surface area contributed by atoms with E-state index in [4.69, 9.17) is 5.11 Å². The van der Waals surface area contributed by atoms with Gasteiger partial charge in [-0.1, -0.05) is 6.92 Å². The Bertz CT molecular complexity index is 312. The van der Waals surface area contributed by atoms with Crippen molar-refractivity contribution in [1.29, 1.82) is 0 Å². The van der Waals surface area contributed by atoms with Gasteiger partial charge in [0.2, 0.25) is 0 Å². The Hall–Kier alpha value is -0.910. The molecule has 0 aromatic heterocycles. The third kappa shape index (κ3) is 3.80. The molecule has 1 N–H and O–H groups in total. The first-order valence-corrected chi connectivity index (χ1v) is 7.49. The number of nitrogens with zero attached hydrogens (tertiary/aromatic N) is 2. The maximum atomic E-state index is 12.4. The van der Waals surface area contributed by atoms with E-state index in [-0.39, 0.29) is 24.7 Å². The lowest BCUT2D eigenvalue weighted by Crippen LogP contribution is -2.54. The molecular weight excluding hydrogens is 252 g/mol. The van der Waals surface area contributed by atoms with Crippen LogP contribution in [-0.4, -0.2) is 63.6 Å². The zero-order valence-corrected chi connectivity index (χ0v) is 12.1.